The van der Waals surface area contributed by atoms with Gasteiger partial charge >= 0.3 is 0 Å². The molecule has 0 aliphatic carbocycles. The highest BCUT2D eigenvalue weighted by Crippen LogP contribution is 2.27. The summed E-state index contributed by atoms with van der Waals surface area (Å²) in [4.78, 5) is 19.2. The van der Waals surface area contributed by atoms with Crippen LogP contribution in [0, 0.1) is 23.8 Å². The summed E-state index contributed by atoms with van der Waals surface area (Å²) < 4.78 is 10.6. The molecular weight excluding hydrogens is 307 g/mol. The Labute approximate surface area is 87.7 Å². The Balaban J connectivity index is 3.34. The second-order valence-corrected chi connectivity index (χ2v) is 3.83. The number of hydrogen-bond acceptors (Lipinski definition) is 5. The molecular formula is C6H3IN2O5. The van der Waals surface area contributed by atoms with Gasteiger partial charge in [-0.05, 0) is 6.07 Å². The topological polar surface area (TPSA) is 103 Å². The molecule has 0 aliphatic rings. The Hall–Kier alpha value is -1.45. The van der Waals surface area contributed by atoms with Crippen molar-refractivity contribution in [1.82, 2.24) is 0 Å². The molecule has 0 spiro atoms. The van der Waals surface area contributed by atoms with Gasteiger partial charge in [-0.15, -0.1) is 0 Å². The number of nitro groups is 2. The number of nitro benzene ring substituents is 2. The molecule has 7 nitrogen and oxygen atoms in total. The lowest BCUT2D eigenvalue weighted by molar-refractivity contribution is -0.394. The molecule has 0 fully saturated rings. The lowest BCUT2D eigenvalue weighted by atomic mass is 10.3. The van der Waals surface area contributed by atoms with Crippen molar-refractivity contribution in [2.75, 3.05) is 0 Å². The van der Waals surface area contributed by atoms with Crippen LogP contribution in [0.5, 0.6) is 0 Å². The Morgan fingerprint density at radius 3 is 2.21 bits per heavy atom. The van der Waals surface area contributed by atoms with Gasteiger partial charge < -0.3 is 0 Å². The van der Waals surface area contributed by atoms with Crippen LogP contribution in [0.3, 0.4) is 0 Å². The average molecular weight is 310 g/mol. The maximum atomic E-state index is 10.6. The van der Waals surface area contributed by atoms with E-state index in [-0.39, 0.29) is 9.26 Å². The molecule has 14 heavy (non-hydrogen) atoms. The van der Waals surface area contributed by atoms with E-state index >= 15 is 0 Å². The van der Waals surface area contributed by atoms with E-state index in [4.69, 9.17) is 0 Å². The van der Waals surface area contributed by atoms with E-state index in [1.807, 2.05) is 0 Å². The molecule has 8 heteroatoms. The van der Waals surface area contributed by atoms with Crippen molar-refractivity contribution >= 4 is 32.6 Å². The largest absolute Gasteiger partial charge is 0.292 e. The Kier molecular flexibility index (Phi) is 3.17. The number of benzene rings is 1. The summed E-state index contributed by atoms with van der Waals surface area (Å²) in [6.45, 7) is 0. The Morgan fingerprint density at radius 2 is 1.79 bits per heavy atom. The molecule has 0 unspecified atom stereocenters. The first kappa shape index (κ1) is 10.6. The number of hydrogen-bond donors (Lipinski definition) is 0. The summed E-state index contributed by atoms with van der Waals surface area (Å²) in [7, 11) is 0. The fourth-order valence-electron chi connectivity index (χ4n) is 0.820. The molecule has 0 saturated heterocycles. The minimum Gasteiger partial charge on any atom is -0.265 e. The molecule has 0 aliphatic heterocycles. The van der Waals surface area contributed by atoms with Gasteiger partial charge in [0, 0.05) is 6.07 Å². The zero-order valence-electron chi connectivity index (χ0n) is 6.55. The van der Waals surface area contributed by atoms with E-state index in [0.29, 0.717) is 0 Å². The molecule has 1 rings (SSSR count). The number of non-ortho nitro benzene ring substituents is 1. The fraction of sp³-hybridized carbons (Fsp3) is 0. The van der Waals surface area contributed by atoms with Crippen molar-refractivity contribution in [2.24, 2.45) is 0 Å². The SMILES string of the molecule is O=Ic1ccc([N+](=O)[O-])cc1[N+](=O)[O-]. The van der Waals surface area contributed by atoms with Crippen LogP contribution in [0.2, 0.25) is 0 Å². The summed E-state index contributed by atoms with van der Waals surface area (Å²) in [5, 5.41) is 20.7. The normalized spacial score (nSPS) is 9.71. The van der Waals surface area contributed by atoms with Crippen molar-refractivity contribution in [3.8, 4) is 0 Å². The van der Waals surface area contributed by atoms with Gasteiger partial charge in [0.2, 0.25) is 0 Å². The standard InChI is InChI=1S/C6H3IN2O5/c10-7-5-2-1-4(8(11)12)3-6(5)9(13)14/h1-3H. The highest BCUT2D eigenvalue weighted by Gasteiger charge is 2.19. The first-order valence-electron chi connectivity index (χ1n) is 3.26. The number of rotatable bonds is 3. The van der Waals surface area contributed by atoms with Gasteiger partial charge in [0.15, 0.2) is 21.2 Å². The van der Waals surface area contributed by atoms with E-state index in [2.05, 4.69) is 0 Å². The summed E-state index contributed by atoms with van der Waals surface area (Å²) in [5.74, 6) is 0. The third kappa shape index (κ3) is 2.07. The molecule has 0 N–H and O–H groups in total. The molecule has 0 atom stereocenters. The monoisotopic (exact) mass is 310 g/mol. The van der Waals surface area contributed by atoms with Crippen LogP contribution in [-0.4, -0.2) is 9.85 Å². The van der Waals surface area contributed by atoms with Crippen LogP contribution in [0.4, 0.5) is 11.4 Å². The van der Waals surface area contributed by atoms with E-state index in [1.165, 1.54) is 0 Å². The Morgan fingerprint density at radius 1 is 1.14 bits per heavy atom. The second kappa shape index (κ2) is 4.17. The molecule has 0 radical (unpaired) electrons. The minimum absolute atomic E-state index is 0.0550. The summed E-state index contributed by atoms with van der Waals surface area (Å²) >= 11 is -1.69. The second-order valence-electron chi connectivity index (χ2n) is 2.23. The van der Waals surface area contributed by atoms with Gasteiger partial charge in [0.05, 0.1) is 15.9 Å². The lowest BCUT2D eigenvalue weighted by Gasteiger charge is -1.94. The van der Waals surface area contributed by atoms with Crippen LogP contribution in [0.25, 0.3) is 0 Å². The van der Waals surface area contributed by atoms with Gasteiger partial charge in [-0.25, -0.2) is 0 Å². The van der Waals surface area contributed by atoms with Crippen LogP contribution in [0.1, 0.15) is 0 Å². The molecule has 1 aromatic rings. The predicted molar refractivity (Wildman–Crippen MR) is 53.2 cm³/mol. The van der Waals surface area contributed by atoms with Gasteiger partial charge in [-0.2, -0.15) is 0 Å². The molecule has 0 heterocycles. The van der Waals surface area contributed by atoms with Gasteiger partial charge in [0.25, 0.3) is 11.4 Å². The van der Waals surface area contributed by atoms with Crippen LogP contribution >= 0.6 is 21.2 Å². The smallest absolute Gasteiger partial charge is 0.265 e. The van der Waals surface area contributed by atoms with Crippen LogP contribution in [0.15, 0.2) is 18.2 Å². The third-order valence-electron chi connectivity index (χ3n) is 1.42. The van der Waals surface area contributed by atoms with Gasteiger partial charge in [-0.1, -0.05) is 0 Å². The molecule has 0 aromatic heterocycles. The quantitative estimate of drug-likeness (QED) is 0.482. The van der Waals surface area contributed by atoms with Gasteiger partial charge in [-0.3, -0.25) is 23.3 Å². The average Bonchev–Trinajstić information content (AvgIpc) is 2.16. The van der Waals surface area contributed by atoms with Crippen molar-refractivity contribution in [3.63, 3.8) is 0 Å². The van der Waals surface area contributed by atoms with Gasteiger partial charge in [0.1, 0.15) is 3.57 Å². The predicted octanol–water partition coefficient (Wildman–Crippen LogP) is 1.99. The maximum Gasteiger partial charge on any atom is 0.292 e. The van der Waals surface area contributed by atoms with E-state index in [1.54, 1.807) is 0 Å². The van der Waals surface area contributed by atoms with E-state index in [9.17, 15) is 23.3 Å². The zero-order chi connectivity index (χ0) is 10.7. The zero-order valence-corrected chi connectivity index (χ0v) is 8.70. The summed E-state index contributed by atoms with van der Waals surface area (Å²) in [6, 6.07) is 3.06. The van der Waals surface area contributed by atoms with Crippen molar-refractivity contribution in [2.45, 2.75) is 0 Å². The molecule has 1 aromatic carbocycles. The first-order valence-corrected chi connectivity index (χ1v) is 5.22. The van der Waals surface area contributed by atoms with Crippen molar-refractivity contribution in [1.29, 1.82) is 0 Å². The number of nitrogens with zero attached hydrogens (tertiary/aromatic N) is 2. The van der Waals surface area contributed by atoms with Crippen LogP contribution < -0.4 is 0 Å². The molecule has 0 saturated carbocycles. The molecule has 0 bridgehead atoms. The van der Waals surface area contributed by atoms with E-state index < -0.39 is 36.7 Å². The van der Waals surface area contributed by atoms with E-state index in [0.717, 1.165) is 18.2 Å². The first-order chi connectivity index (χ1) is 6.56. The third-order valence-corrected chi connectivity index (χ3v) is 2.81. The fourth-order valence-corrected chi connectivity index (χ4v) is 1.72. The summed E-state index contributed by atoms with van der Waals surface area (Å²) in [6.07, 6.45) is 0. The molecule has 74 valence electrons. The number of halogens is 1. The summed E-state index contributed by atoms with van der Waals surface area (Å²) in [5.41, 5.74) is -0.833. The maximum absolute atomic E-state index is 10.6. The van der Waals surface area contributed by atoms with Crippen LogP contribution in [-0.2, 0) is 3.07 Å². The Bertz CT molecular complexity index is 419. The highest BCUT2D eigenvalue weighted by atomic mass is 127. The molecule has 0 amide bonds. The lowest BCUT2D eigenvalue weighted by Crippen LogP contribution is -1.94. The van der Waals surface area contributed by atoms with Crippen molar-refractivity contribution < 1.29 is 12.9 Å². The highest BCUT2D eigenvalue weighted by molar-refractivity contribution is 14.1. The van der Waals surface area contributed by atoms with Crippen molar-refractivity contribution in [3.05, 3.63) is 42.0 Å². The minimum atomic E-state index is -1.69.